The largest absolute Gasteiger partial charge is 0.451 e. The molecule has 0 saturated heterocycles. The summed E-state index contributed by atoms with van der Waals surface area (Å²) in [4.78, 5) is 17.1. The van der Waals surface area contributed by atoms with Gasteiger partial charge in [-0.3, -0.25) is 4.79 Å². The number of aryl methyl sites for hydroxylation is 2. The average molecular weight is 345 g/mol. The van der Waals surface area contributed by atoms with E-state index in [1.807, 2.05) is 11.6 Å². The smallest absolute Gasteiger partial charge is 0.287 e. The van der Waals surface area contributed by atoms with Gasteiger partial charge in [-0.05, 0) is 37.1 Å². The zero-order chi connectivity index (χ0) is 16.7. The zero-order valence-electron chi connectivity index (χ0n) is 13.3. The standard InChI is InChI=1S/C17H17ClN4O2/c1-2-15-20-16-12(4-3-7-22(16)21-15)19-17(23)14-9-10-8-11(18)5-6-13(10)24-14/h5-6,8-9,12H,2-4,7H2,1H3,(H,19,23)/t12-/m0/s1. The molecule has 0 bridgehead atoms. The Morgan fingerprint density at radius 2 is 2.33 bits per heavy atom. The molecule has 0 radical (unpaired) electrons. The van der Waals surface area contributed by atoms with Crippen molar-refractivity contribution in [2.24, 2.45) is 0 Å². The first-order valence-corrected chi connectivity index (χ1v) is 8.45. The number of benzene rings is 1. The molecule has 1 aliphatic rings. The highest BCUT2D eigenvalue weighted by Gasteiger charge is 2.26. The van der Waals surface area contributed by atoms with E-state index in [1.165, 1.54) is 0 Å². The molecule has 1 aromatic carbocycles. The van der Waals surface area contributed by atoms with Crippen LogP contribution in [0.5, 0.6) is 0 Å². The molecule has 1 atom stereocenters. The summed E-state index contributed by atoms with van der Waals surface area (Å²) < 4.78 is 7.52. The molecule has 3 heterocycles. The molecule has 24 heavy (non-hydrogen) atoms. The Morgan fingerprint density at radius 1 is 1.46 bits per heavy atom. The minimum atomic E-state index is -0.248. The van der Waals surface area contributed by atoms with Crippen LogP contribution >= 0.6 is 11.6 Å². The molecule has 0 spiro atoms. The van der Waals surface area contributed by atoms with Crippen molar-refractivity contribution in [3.8, 4) is 0 Å². The number of hydrogen-bond acceptors (Lipinski definition) is 4. The minimum Gasteiger partial charge on any atom is -0.451 e. The number of fused-ring (bicyclic) bond motifs is 2. The van der Waals surface area contributed by atoms with E-state index in [4.69, 9.17) is 16.0 Å². The van der Waals surface area contributed by atoms with E-state index in [1.54, 1.807) is 24.3 Å². The van der Waals surface area contributed by atoms with Crippen LogP contribution in [-0.4, -0.2) is 20.7 Å². The van der Waals surface area contributed by atoms with E-state index in [0.717, 1.165) is 42.8 Å². The van der Waals surface area contributed by atoms with Crippen LogP contribution in [0.4, 0.5) is 0 Å². The summed E-state index contributed by atoms with van der Waals surface area (Å²) in [6.45, 7) is 2.87. The van der Waals surface area contributed by atoms with Crippen molar-refractivity contribution in [3.63, 3.8) is 0 Å². The molecule has 1 N–H and O–H groups in total. The van der Waals surface area contributed by atoms with Gasteiger partial charge in [0.2, 0.25) is 0 Å². The molecule has 1 aliphatic heterocycles. The van der Waals surface area contributed by atoms with Crippen molar-refractivity contribution in [1.82, 2.24) is 20.1 Å². The van der Waals surface area contributed by atoms with E-state index < -0.39 is 0 Å². The molecule has 0 saturated carbocycles. The van der Waals surface area contributed by atoms with Crippen LogP contribution in [0.3, 0.4) is 0 Å². The number of nitrogens with one attached hydrogen (secondary N) is 1. The molecule has 3 aromatic rings. The Labute approximate surface area is 143 Å². The molecular formula is C17H17ClN4O2. The number of furan rings is 1. The predicted molar refractivity (Wildman–Crippen MR) is 90.1 cm³/mol. The maximum Gasteiger partial charge on any atom is 0.287 e. The molecule has 6 nitrogen and oxygen atoms in total. The summed E-state index contributed by atoms with van der Waals surface area (Å²) in [5.41, 5.74) is 0.643. The number of aromatic nitrogens is 3. The fourth-order valence-corrected chi connectivity index (χ4v) is 3.22. The van der Waals surface area contributed by atoms with Crippen molar-refractivity contribution in [2.45, 2.75) is 38.8 Å². The Balaban J connectivity index is 1.58. The lowest BCUT2D eigenvalue weighted by molar-refractivity contribution is 0.0901. The van der Waals surface area contributed by atoms with Gasteiger partial charge in [0.05, 0.1) is 6.04 Å². The van der Waals surface area contributed by atoms with Crippen LogP contribution in [0.15, 0.2) is 28.7 Å². The highest BCUT2D eigenvalue weighted by molar-refractivity contribution is 6.31. The van der Waals surface area contributed by atoms with E-state index >= 15 is 0 Å². The number of carbonyl (C=O) groups is 1. The third kappa shape index (κ3) is 2.67. The fourth-order valence-electron chi connectivity index (χ4n) is 3.04. The third-order valence-corrected chi connectivity index (χ3v) is 4.48. The van der Waals surface area contributed by atoms with Crippen molar-refractivity contribution < 1.29 is 9.21 Å². The van der Waals surface area contributed by atoms with Crippen LogP contribution in [0.2, 0.25) is 5.02 Å². The summed E-state index contributed by atoms with van der Waals surface area (Å²) in [5.74, 6) is 1.66. The third-order valence-electron chi connectivity index (χ3n) is 4.24. The first kappa shape index (κ1) is 15.2. The molecule has 0 aliphatic carbocycles. The summed E-state index contributed by atoms with van der Waals surface area (Å²) in [7, 11) is 0. The minimum absolute atomic E-state index is 0.143. The quantitative estimate of drug-likeness (QED) is 0.789. The summed E-state index contributed by atoms with van der Waals surface area (Å²) in [5, 5.41) is 8.90. The van der Waals surface area contributed by atoms with Gasteiger partial charge < -0.3 is 9.73 Å². The molecule has 0 fully saturated rings. The van der Waals surface area contributed by atoms with Crippen molar-refractivity contribution >= 4 is 28.5 Å². The Hall–Kier alpha value is -2.34. The Morgan fingerprint density at radius 3 is 3.17 bits per heavy atom. The van der Waals surface area contributed by atoms with Crippen LogP contribution < -0.4 is 5.32 Å². The number of amides is 1. The van der Waals surface area contributed by atoms with E-state index in [9.17, 15) is 4.79 Å². The monoisotopic (exact) mass is 344 g/mol. The highest BCUT2D eigenvalue weighted by atomic mass is 35.5. The van der Waals surface area contributed by atoms with Crippen molar-refractivity contribution in [3.05, 3.63) is 46.7 Å². The van der Waals surface area contributed by atoms with Gasteiger partial charge in [-0.15, -0.1) is 0 Å². The van der Waals surface area contributed by atoms with Crippen LogP contribution in [0.25, 0.3) is 11.0 Å². The first-order valence-electron chi connectivity index (χ1n) is 8.07. The number of carbonyl (C=O) groups excluding carboxylic acids is 1. The molecule has 1 amide bonds. The maximum absolute atomic E-state index is 12.6. The SMILES string of the molecule is CCc1nc2n(n1)CCC[C@@H]2NC(=O)c1cc2cc(Cl)ccc2o1. The first-order chi connectivity index (χ1) is 11.6. The second-order valence-corrected chi connectivity index (χ2v) is 6.36. The molecule has 2 aromatic heterocycles. The van der Waals surface area contributed by atoms with Crippen LogP contribution in [0.1, 0.15) is 48.0 Å². The molecular weight excluding hydrogens is 328 g/mol. The van der Waals surface area contributed by atoms with Gasteiger partial charge in [-0.25, -0.2) is 9.67 Å². The molecule has 4 rings (SSSR count). The van der Waals surface area contributed by atoms with Crippen molar-refractivity contribution in [2.75, 3.05) is 0 Å². The number of halogens is 1. The molecule has 7 heteroatoms. The van der Waals surface area contributed by atoms with Crippen molar-refractivity contribution in [1.29, 1.82) is 0 Å². The van der Waals surface area contributed by atoms with Gasteiger partial charge in [0, 0.05) is 23.4 Å². The topological polar surface area (TPSA) is 73.0 Å². The molecule has 0 unspecified atom stereocenters. The van der Waals surface area contributed by atoms with E-state index in [0.29, 0.717) is 10.6 Å². The normalized spacial score (nSPS) is 17.0. The van der Waals surface area contributed by atoms with Gasteiger partial charge in [0.25, 0.3) is 5.91 Å². The lowest BCUT2D eigenvalue weighted by Gasteiger charge is -2.22. The van der Waals surface area contributed by atoms with E-state index in [2.05, 4.69) is 15.4 Å². The van der Waals surface area contributed by atoms with Gasteiger partial charge in [0.15, 0.2) is 11.6 Å². The Kier molecular flexibility index (Phi) is 3.76. The lowest BCUT2D eigenvalue weighted by atomic mass is 10.1. The predicted octanol–water partition coefficient (Wildman–Crippen LogP) is 3.51. The van der Waals surface area contributed by atoms with Gasteiger partial charge >= 0.3 is 0 Å². The number of nitrogens with zero attached hydrogens (tertiary/aromatic N) is 3. The lowest BCUT2D eigenvalue weighted by Crippen LogP contribution is -2.33. The number of rotatable bonds is 3. The van der Waals surface area contributed by atoms with E-state index in [-0.39, 0.29) is 17.7 Å². The fraction of sp³-hybridized carbons (Fsp3) is 0.353. The van der Waals surface area contributed by atoms with Gasteiger partial charge in [0.1, 0.15) is 11.4 Å². The van der Waals surface area contributed by atoms with Crippen LogP contribution in [-0.2, 0) is 13.0 Å². The van der Waals surface area contributed by atoms with Crippen LogP contribution in [0, 0.1) is 0 Å². The second-order valence-electron chi connectivity index (χ2n) is 5.92. The van der Waals surface area contributed by atoms with Gasteiger partial charge in [-0.2, -0.15) is 5.10 Å². The van der Waals surface area contributed by atoms with Gasteiger partial charge in [-0.1, -0.05) is 18.5 Å². The summed E-state index contributed by atoms with van der Waals surface area (Å²) in [6.07, 6.45) is 2.59. The summed E-state index contributed by atoms with van der Waals surface area (Å²) >= 11 is 5.98. The number of hydrogen-bond donors (Lipinski definition) is 1. The average Bonchev–Trinajstić information content (AvgIpc) is 3.18. The highest BCUT2D eigenvalue weighted by Crippen LogP contribution is 2.26. The zero-order valence-corrected chi connectivity index (χ0v) is 14.0. The Bertz CT molecular complexity index is 915. The second kappa shape index (κ2) is 5.94. The maximum atomic E-state index is 12.6. The summed E-state index contributed by atoms with van der Waals surface area (Å²) in [6, 6.07) is 6.85. The molecule has 124 valence electrons.